The predicted octanol–water partition coefficient (Wildman–Crippen LogP) is 2.41. The molecule has 7 heteroatoms. The Morgan fingerprint density at radius 1 is 1.37 bits per heavy atom. The molecule has 0 aliphatic carbocycles. The second-order valence-corrected chi connectivity index (χ2v) is 3.69. The van der Waals surface area contributed by atoms with Crippen molar-refractivity contribution >= 4 is 5.91 Å². The van der Waals surface area contributed by atoms with Crippen LogP contribution in [0.25, 0.3) is 10.4 Å². The maximum absolute atomic E-state index is 11.8. The van der Waals surface area contributed by atoms with Gasteiger partial charge in [-0.15, -0.1) is 0 Å². The molecule has 0 aromatic carbocycles. The smallest absolute Gasteiger partial charge is 0.287 e. The van der Waals surface area contributed by atoms with Gasteiger partial charge in [-0.25, -0.2) is 0 Å². The van der Waals surface area contributed by atoms with E-state index in [1.165, 1.54) is 0 Å². The zero-order valence-electron chi connectivity index (χ0n) is 9.98. The molecular formula is C12H11N5O2. The summed E-state index contributed by atoms with van der Waals surface area (Å²) in [6.07, 6.45) is 3.32. The lowest BCUT2D eigenvalue weighted by molar-refractivity contribution is 0.0921. The summed E-state index contributed by atoms with van der Waals surface area (Å²) in [4.78, 5) is 18.3. The number of amides is 1. The summed E-state index contributed by atoms with van der Waals surface area (Å²) in [7, 11) is 0. The standard InChI is InChI=1S/C12H11N5O2/c13-17-16-8-10-1-2-11(19-10)12(18)15-7-9-3-5-14-6-4-9/h1-6H,7-8H2,(H,15,18). The molecular weight excluding hydrogens is 246 g/mol. The molecule has 0 spiro atoms. The number of carbonyl (C=O) groups is 1. The van der Waals surface area contributed by atoms with Crippen LogP contribution < -0.4 is 5.32 Å². The number of aromatic nitrogens is 1. The second-order valence-electron chi connectivity index (χ2n) is 3.69. The fourth-order valence-electron chi connectivity index (χ4n) is 1.46. The summed E-state index contributed by atoms with van der Waals surface area (Å²) in [5, 5.41) is 6.08. The Balaban J connectivity index is 1.92. The molecule has 0 atom stereocenters. The van der Waals surface area contributed by atoms with Crippen LogP contribution in [0.15, 0.2) is 46.2 Å². The maximum Gasteiger partial charge on any atom is 0.287 e. The molecule has 0 saturated heterocycles. The molecule has 0 aliphatic rings. The number of azide groups is 1. The van der Waals surface area contributed by atoms with Crippen LogP contribution in [0.5, 0.6) is 0 Å². The maximum atomic E-state index is 11.8. The first-order valence-electron chi connectivity index (χ1n) is 5.56. The van der Waals surface area contributed by atoms with E-state index in [2.05, 4.69) is 20.3 Å². The van der Waals surface area contributed by atoms with Gasteiger partial charge in [-0.05, 0) is 35.4 Å². The first kappa shape index (κ1) is 12.7. The SMILES string of the molecule is [N-]=[N+]=NCc1ccc(C(=O)NCc2ccncc2)o1. The van der Waals surface area contributed by atoms with Crippen LogP contribution in [0.2, 0.25) is 0 Å². The lowest BCUT2D eigenvalue weighted by atomic mass is 10.2. The molecule has 0 fully saturated rings. The van der Waals surface area contributed by atoms with E-state index in [0.717, 1.165) is 5.56 Å². The Hall–Kier alpha value is -2.79. The number of hydrogen-bond donors (Lipinski definition) is 1. The molecule has 7 nitrogen and oxygen atoms in total. The van der Waals surface area contributed by atoms with Crippen molar-refractivity contribution in [3.8, 4) is 0 Å². The number of rotatable bonds is 5. The van der Waals surface area contributed by atoms with Gasteiger partial charge in [0.2, 0.25) is 0 Å². The van der Waals surface area contributed by atoms with E-state index in [9.17, 15) is 4.79 Å². The van der Waals surface area contributed by atoms with Crippen LogP contribution in [0.3, 0.4) is 0 Å². The van der Waals surface area contributed by atoms with Crippen molar-refractivity contribution in [2.24, 2.45) is 5.11 Å². The van der Waals surface area contributed by atoms with Gasteiger partial charge < -0.3 is 9.73 Å². The van der Waals surface area contributed by atoms with Crippen LogP contribution in [0, 0.1) is 0 Å². The molecule has 0 radical (unpaired) electrons. The third-order valence-corrected chi connectivity index (χ3v) is 2.38. The minimum Gasteiger partial charge on any atom is -0.456 e. The molecule has 0 saturated carbocycles. The molecule has 2 heterocycles. The summed E-state index contributed by atoms with van der Waals surface area (Å²) in [6, 6.07) is 6.78. The van der Waals surface area contributed by atoms with Gasteiger partial charge in [-0.1, -0.05) is 5.11 Å². The van der Waals surface area contributed by atoms with Crippen LogP contribution in [0.4, 0.5) is 0 Å². The van der Waals surface area contributed by atoms with Crippen molar-refractivity contribution in [2.45, 2.75) is 13.1 Å². The molecule has 19 heavy (non-hydrogen) atoms. The molecule has 0 aliphatic heterocycles. The normalized spacial score (nSPS) is 9.68. The van der Waals surface area contributed by atoms with Crippen molar-refractivity contribution in [2.75, 3.05) is 0 Å². The third-order valence-electron chi connectivity index (χ3n) is 2.38. The molecule has 2 rings (SSSR count). The molecule has 0 bridgehead atoms. The quantitative estimate of drug-likeness (QED) is 0.505. The Bertz CT molecular complexity index is 602. The minimum atomic E-state index is -0.316. The average Bonchev–Trinajstić information content (AvgIpc) is 2.92. The van der Waals surface area contributed by atoms with E-state index in [0.29, 0.717) is 12.3 Å². The van der Waals surface area contributed by atoms with Gasteiger partial charge >= 0.3 is 0 Å². The summed E-state index contributed by atoms with van der Waals surface area (Å²) in [6.45, 7) is 0.488. The van der Waals surface area contributed by atoms with Gasteiger partial charge in [0.1, 0.15) is 5.76 Å². The van der Waals surface area contributed by atoms with E-state index >= 15 is 0 Å². The van der Waals surface area contributed by atoms with E-state index < -0.39 is 0 Å². The van der Waals surface area contributed by atoms with E-state index in [1.807, 2.05) is 12.1 Å². The molecule has 2 aromatic rings. The Morgan fingerprint density at radius 3 is 2.89 bits per heavy atom. The summed E-state index contributed by atoms with van der Waals surface area (Å²) >= 11 is 0. The third kappa shape index (κ3) is 3.58. The summed E-state index contributed by atoms with van der Waals surface area (Å²) in [5.41, 5.74) is 9.13. The lowest BCUT2D eigenvalue weighted by Crippen LogP contribution is -2.22. The van der Waals surface area contributed by atoms with Crippen LogP contribution in [-0.2, 0) is 13.1 Å². The topological polar surface area (TPSA) is 104 Å². The predicted molar refractivity (Wildman–Crippen MR) is 67.0 cm³/mol. The second kappa shape index (κ2) is 6.23. The number of pyridine rings is 1. The van der Waals surface area contributed by atoms with Crippen molar-refractivity contribution in [1.82, 2.24) is 10.3 Å². The molecule has 0 unspecified atom stereocenters. The Kier molecular flexibility index (Phi) is 4.15. The zero-order chi connectivity index (χ0) is 13.5. The van der Waals surface area contributed by atoms with Gasteiger partial charge in [0, 0.05) is 23.9 Å². The monoisotopic (exact) mass is 257 g/mol. The summed E-state index contributed by atoms with van der Waals surface area (Å²) in [5.74, 6) is 0.327. The van der Waals surface area contributed by atoms with E-state index in [-0.39, 0.29) is 18.2 Å². The highest BCUT2D eigenvalue weighted by Crippen LogP contribution is 2.09. The number of carbonyl (C=O) groups excluding carboxylic acids is 1. The first-order valence-corrected chi connectivity index (χ1v) is 5.56. The first-order chi connectivity index (χ1) is 9.29. The van der Waals surface area contributed by atoms with Crippen molar-refractivity contribution < 1.29 is 9.21 Å². The highest BCUT2D eigenvalue weighted by molar-refractivity contribution is 5.91. The van der Waals surface area contributed by atoms with Crippen LogP contribution >= 0.6 is 0 Å². The highest BCUT2D eigenvalue weighted by Gasteiger charge is 2.10. The average molecular weight is 257 g/mol. The number of nitrogens with one attached hydrogen (secondary N) is 1. The fourth-order valence-corrected chi connectivity index (χ4v) is 1.46. The highest BCUT2D eigenvalue weighted by atomic mass is 16.4. The molecule has 1 amide bonds. The Labute approximate surface area is 108 Å². The number of furan rings is 1. The zero-order valence-corrected chi connectivity index (χ0v) is 9.98. The Morgan fingerprint density at radius 2 is 2.16 bits per heavy atom. The minimum absolute atomic E-state index is 0.0914. The number of hydrogen-bond acceptors (Lipinski definition) is 4. The van der Waals surface area contributed by atoms with E-state index in [1.54, 1.807) is 24.5 Å². The van der Waals surface area contributed by atoms with Gasteiger partial charge in [0.25, 0.3) is 5.91 Å². The van der Waals surface area contributed by atoms with Gasteiger partial charge in [0.05, 0.1) is 6.54 Å². The largest absolute Gasteiger partial charge is 0.456 e. The van der Waals surface area contributed by atoms with Gasteiger partial charge in [0.15, 0.2) is 5.76 Å². The van der Waals surface area contributed by atoms with Crippen molar-refractivity contribution in [3.63, 3.8) is 0 Å². The number of nitrogens with zero attached hydrogens (tertiary/aromatic N) is 4. The molecule has 2 aromatic heterocycles. The van der Waals surface area contributed by atoms with Crippen LogP contribution in [0.1, 0.15) is 21.9 Å². The summed E-state index contributed by atoms with van der Waals surface area (Å²) < 4.78 is 5.25. The van der Waals surface area contributed by atoms with E-state index in [4.69, 9.17) is 9.95 Å². The van der Waals surface area contributed by atoms with Crippen molar-refractivity contribution in [1.29, 1.82) is 0 Å². The van der Waals surface area contributed by atoms with Crippen molar-refractivity contribution in [3.05, 3.63) is 64.2 Å². The fraction of sp³-hybridized carbons (Fsp3) is 0.167. The lowest BCUT2D eigenvalue weighted by Gasteiger charge is -2.02. The van der Waals surface area contributed by atoms with Gasteiger partial charge in [-0.2, -0.15) is 0 Å². The van der Waals surface area contributed by atoms with Gasteiger partial charge in [-0.3, -0.25) is 9.78 Å². The van der Waals surface area contributed by atoms with Crippen LogP contribution in [-0.4, -0.2) is 10.9 Å². The molecule has 96 valence electrons. The molecule has 1 N–H and O–H groups in total.